The van der Waals surface area contributed by atoms with Crippen LogP contribution in [-0.2, 0) is 17.9 Å². The molecular formula is C23H22N4O4. The number of amides is 1. The molecule has 2 heterocycles. The van der Waals surface area contributed by atoms with Crippen LogP contribution in [0, 0.1) is 6.92 Å². The number of carbonyl (C=O) groups is 1. The molecule has 31 heavy (non-hydrogen) atoms. The molecule has 158 valence electrons. The molecule has 0 bridgehead atoms. The van der Waals surface area contributed by atoms with Gasteiger partial charge >= 0.3 is 0 Å². The van der Waals surface area contributed by atoms with Gasteiger partial charge in [-0.2, -0.15) is 0 Å². The highest BCUT2D eigenvalue weighted by Gasteiger charge is 2.17. The lowest BCUT2D eigenvalue weighted by atomic mass is 10.1. The van der Waals surface area contributed by atoms with Crippen LogP contribution in [0.25, 0.3) is 22.4 Å². The number of benzene rings is 2. The topological polar surface area (TPSA) is 99.2 Å². The Labute approximate surface area is 178 Å². The van der Waals surface area contributed by atoms with Gasteiger partial charge in [-0.25, -0.2) is 4.98 Å². The third-order valence-electron chi connectivity index (χ3n) is 5.02. The number of hydrogen-bond donors (Lipinski definition) is 1. The SMILES string of the molecule is COc1ccc(CNC(=O)CCn2cnc3onc(-c4ccc(C)cc4)c3c2=O)cc1. The Balaban J connectivity index is 1.45. The Morgan fingerprint density at radius 1 is 1.13 bits per heavy atom. The van der Waals surface area contributed by atoms with E-state index < -0.39 is 0 Å². The van der Waals surface area contributed by atoms with E-state index in [0.29, 0.717) is 17.6 Å². The Morgan fingerprint density at radius 3 is 2.58 bits per heavy atom. The van der Waals surface area contributed by atoms with Crippen molar-refractivity contribution in [2.45, 2.75) is 26.4 Å². The number of nitrogens with zero attached hydrogens (tertiary/aromatic N) is 3. The summed E-state index contributed by atoms with van der Waals surface area (Å²) in [5, 5.41) is 7.19. The first-order valence-corrected chi connectivity index (χ1v) is 9.86. The second-order valence-corrected chi connectivity index (χ2v) is 7.20. The first kappa shape index (κ1) is 20.3. The third kappa shape index (κ3) is 4.48. The number of hydrogen-bond acceptors (Lipinski definition) is 6. The van der Waals surface area contributed by atoms with Gasteiger partial charge in [-0.05, 0) is 24.6 Å². The summed E-state index contributed by atoms with van der Waals surface area (Å²) in [6.07, 6.45) is 1.53. The van der Waals surface area contributed by atoms with Gasteiger partial charge in [0.25, 0.3) is 11.3 Å². The highest BCUT2D eigenvalue weighted by atomic mass is 16.5. The van der Waals surface area contributed by atoms with Crippen LogP contribution in [0.1, 0.15) is 17.5 Å². The minimum Gasteiger partial charge on any atom is -0.497 e. The third-order valence-corrected chi connectivity index (χ3v) is 5.02. The molecule has 4 rings (SSSR count). The summed E-state index contributed by atoms with van der Waals surface area (Å²) in [5.41, 5.74) is 3.18. The smallest absolute Gasteiger partial charge is 0.266 e. The minimum atomic E-state index is -0.287. The van der Waals surface area contributed by atoms with Crippen LogP contribution < -0.4 is 15.6 Å². The van der Waals surface area contributed by atoms with E-state index in [-0.39, 0.29) is 30.1 Å². The lowest BCUT2D eigenvalue weighted by Crippen LogP contribution is -2.27. The number of rotatable bonds is 7. The maximum Gasteiger partial charge on any atom is 0.266 e. The van der Waals surface area contributed by atoms with Crippen molar-refractivity contribution in [2.75, 3.05) is 7.11 Å². The second kappa shape index (κ2) is 8.83. The van der Waals surface area contributed by atoms with Gasteiger partial charge < -0.3 is 14.6 Å². The molecule has 0 saturated heterocycles. The van der Waals surface area contributed by atoms with E-state index in [1.165, 1.54) is 10.9 Å². The normalized spacial score (nSPS) is 10.9. The average Bonchev–Trinajstić information content (AvgIpc) is 3.23. The van der Waals surface area contributed by atoms with E-state index in [1.54, 1.807) is 7.11 Å². The largest absolute Gasteiger partial charge is 0.497 e. The number of fused-ring (bicyclic) bond motifs is 1. The molecule has 2 aromatic carbocycles. The van der Waals surface area contributed by atoms with Gasteiger partial charge in [0.05, 0.1) is 7.11 Å². The number of methoxy groups -OCH3 is 1. The maximum absolute atomic E-state index is 13.0. The van der Waals surface area contributed by atoms with E-state index >= 15 is 0 Å². The Kier molecular flexibility index (Phi) is 5.79. The van der Waals surface area contributed by atoms with Gasteiger partial charge in [0.1, 0.15) is 23.2 Å². The van der Waals surface area contributed by atoms with Gasteiger partial charge in [0.15, 0.2) is 0 Å². The Morgan fingerprint density at radius 2 is 1.87 bits per heavy atom. The van der Waals surface area contributed by atoms with Gasteiger partial charge in [-0.3, -0.25) is 14.2 Å². The van der Waals surface area contributed by atoms with E-state index in [9.17, 15) is 9.59 Å². The van der Waals surface area contributed by atoms with Crippen molar-refractivity contribution in [2.24, 2.45) is 0 Å². The van der Waals surface area contributed by atoms with E-state index in [2.05, 4.69) is 15.5 Å². The van der Waals surface area contributed by atoms with Gasteiger partial charge in [-0.1, -0.05) is 47.1 Å². The fourth-order valence-corrected chi connectivity index (χ4v) is 3.20. The molecule has 1 amide bonds. The molecule has 0 unspecified atom stereocenters. The number of ether oxygens (including phenoxy) is 1. The molecule has 4 aromatic rings. The van der Waals surface area contributed by atoms with E-state index in [0.717, 1.165) is 22.4 Å². The molecule has 2 aromatic heterocycles. The fraction of sp³-hybridized carbons (Fsp3) is 0.217. The molecule has 0 aliphatic rings. The van der Waals surface area contributed by atoms with Crippen molar-refractivity contribution in [3.8, 4) is 17.0 Å². The first-order valence-electron chi connectivity index (χ1n) is 9.86. The van der Waals surface area contributed by atoms with Gasteiger partial charge in [0.2, 0.25) is 5.91 Å². The molecule has 0 saturated carbocycles. The molecule has 0 fully saturated rings. The number of nitrogens with one attached hydrogen (secondary N) is 1. The zero-order chi connectivity index (χ0) is 21.8. The molecule has 1 N–H and O–H groups in total. The summed E-state index contributed by atoms with van der Waals surface area (Å²) in [5.74, 6) is 0.600. The monoisotopic (exact) mass is 418 g/mol. The van der Waals surface area contributed by atoms with Crippen LogP contribution in [-0.4, -0.2) is 27.7 Å². The highest BCUT2D eigenvalue weighted by Crippen LogP contribution is 2.24. The summed E-state index contributed by atoms with van der Waals surface area (Å²) >= 11 is 0. The Bertz CT molecular complexity index is 1260. The van der Waals surface area contributed by atoms with E-state index in [4.69, 9.17) is 9.26 Å². The molecule has 0 radical (unpaired) electrons. The van der Waals surface area contributed by atoms with Crippen LogP contribution in [0.2, 0.25) is 0 Å². The summed E-state index contributed by atoms with van der Waals surface area (Å²) < 4.78 is 11.8. The Hall–Kier alpha value is -3.94. The average molecular weight is 418 g/mol. The lowest BCUT2D eigenvalue weighted by Gasteiger charge is -2.08. The van der Waals surface area contributed by atoms with Crippen LogP contribution in [0.3, 0.4) is 0 Å². The molecule has 0 aliphatic carbocycles. The highest BCUT2D eigenvalue weighted by molar-refractivity contribution is 5.88. The molecular weight excluding hydrogens is 396 g/mol. The quantitative estimate of drug-likeness (QED) is 0.495. The zero-order valence-corrected chi connectivity index (χ0v) is 17.3. The molecule has 8 nitrogen and oxygen atoms in total. The molecule has 0 atom stereocenters. The van der Waals surface area contributed by atoms with Crippen molar-refractivity contribution in [3.05, 3.63) is 76.3 Å². The van der Waals surface area contributed by atoms with Crippen molar-refractivity contribution in [1.82, 2.24) is 20.0 Å². The van der Waals surface area contributed by atoms with Crippen molar-refractivity contribution < 1.29 is 14.1 Å². The summed E-state index contributed by atoms with van der Waals surface area (Å²) in [7, 11) is 1.61. The van der Waals surface area contributed by atoms with Crippen LogP contribution >= 0.6 is 0 Å². The van der Waals surface area contributed by atoms with Crippen LogP contribution in [0.4, 0.5) is 0 Å². The van der Waals surface area contributed by atoms with Crippen molar-refractivity contribution >= 4 is 17.0 Å². The zero-order valence-electron chi connectivity index (χ0n) is 17.3. The summed E-state index contributed by atoms with van der Waals surface area (Å²) in [6.45, 7) is 2.59. The molecule has 0 aliphatic heterocycles. The first-order chi connectivity index (χ1) is 15.0. The van der Waals surface area contributed by atoms with Gasteiger partial charge in [-0.15, -0.1) is 0 Å². The summed E-state index contributed by atoms with van der Waals surface area (Å²) in [6, 6.07) is 15.1. The van der Waals surface area contributed by atoms with E-state index in [1.807, 2.05) is 55.5 Å². The maximum atomic E-state index is 13.0. The van der Waals surface area contributed by atoms with Crippen LogP contribution in [0.15, 0.2) is 64.2 Å². The number of aromatic nitrogens is 3. The predicted octanol–water partition coefficient (Wildman–Crippen LogP) is 3.08. The molecule has 0 spiro atoms. The summed E-state index contributed by atoms with van der Waals surface area (Å²) in [4.78, 5) is 29.4. The number of carbonyl (C=O) groups excluding carboxylic acids is 1. The number of aryl methyl sites for hydroxylation is 2. The van der Waals surface area contributed by atoms with Gasteiger partial charge in [0, 0.05) is 25.1 Å². The predicted molar refractivity (Wildman–Crippen MR) is 116 cm³/mol. The lowest BCUT2D eigenvalue weighted by molar-refractivity contribution is -0.121. The van der Waals surface area contributed by atoms with Crippen molar-refractivity contribution in [3.63, 3.8) is 0 Å². The van der Waals surface area contributed by atoms with Crippen LogP contribution in [0.5, 0.6) is 5.75 Å². The standard InChI is InChI=1S/C23H22N4O4/c1-15-3-7-17(8-4-15)21-20-22(31-26-21)25-14-27(23(20)29)12-11-19(28)24-13-16-5-9-18(30-2)10-6-16/h3-10,14H,11-13H2,1-2H3,(H,24,28). The van der Waals surface area contributed by atoms with Crippen molar-refractivity contribution in [1.29, 1.82) is 0 Å². The fourth-order valence-electron chi connectivity index (χ4n) is 3.20. The minimum absolute atomic E-state index is 0.147. The molecule has 8 heteroatoms. The second-order valence-electron chi connectivity index (χ2n) is 7.20.